The zero-order chi connectivity index (χ0) is 19.4. The second-order valence-corrected chi connectivity index (χ2v) is 7.72. The van der Waals surface area contributed by atoms with Crippen LogP contribution in [0.5, 0.6) is 0 Å². The Morgan fingerprint density at radius 3 is 2.70 bits per heavy atom. The van der Waals surface area contributed by atoms with Crippen molar-refractivity contribution in [3.63, 3.8) is 0 Å². The highest BCUT2D eigenvalue weighted by molar-refractivity contribution is 7.99. The van der Waals surface area contributed by atoms with Crippen molar-refractivity contribution < 1.29 is 9.18 Å². The number of ketones is 1. The molecule has 140 valence electrons. The number of hydrogen-bond donors (Lipinski definition) is 0. The lowest BCUT2D eigenvalue weighted by molar-refractivity contribution is 0.102. The van der Waals surface area contributed by atoms with E-state index in [-0.39, 0.29) is 17.1 Å². The molecule has 6 heteroatoms. The molecule has 0 aliphatic carbocycles. The second kappa shape index (κ2) is 8.48. The Labute approximate surface area is 161 Å². The average Bonchev–Trinajstić information content (AvgIpc) is 2.65. The third-order valence-electron chi connectivity index (χ3n) is 4.24. The first-order valence-electron chi connectivity index (χ1n) is 8.87. The van der Waals surface area contributed by atoms with Crippen molar-refractivity contribution in [1.82, 2.24) is 9.55 Å². The first-order chi connectivity index (χ1) is 13.0. The molecule has 0 saturated carbocycles. The number of thioether (sulfide) groups is 1. The van der Waals surface area contributed by atoms with Crippen molar-refractivity contribution in [1.29, 1.82) is 0 Å². The Hall–Kier alpha value is -2.47. The van der Waals surface area contributed by atoms with Gasteiger partial charge in [-0.15, -0.1) is 0 Å². The van der Waals surface area contributed by atoms with Gasteiger partial charge in [0.25, 0.3) is 5.56 Å². The van der Waals surface area contributed by atoms with Crippen LogP contribution >= 0.6 is 11.8 Å². The molecule has 0 amide bonds. The Bertz CT molecular complexity index is 1030. The summed E-state index contributed by atoms with van der Waals surface area (Å²) in [5.74, 6) is -0.105. The Morgan fingerprint density at radius 1 is 1.19 bits per heavy atom. The number of carbonyl (C=O) groups excluding carboxylic acids is 1. The van der Waals surface area contributed by atoms with Gasteiger partial charge in [-0.3, -0.25) is 14.2 Å². The molecule has 0 aliphatic rings. The standard InChI is InChI=1S/C21H21FN2O2S/c1-14(2)10-11-24-20(26)17-8-3-4-9-18(17)23-21(24)27-13-19(25)15-6-5-7-16(22)12-15/h3-9,12,14H,10-11,13H2,1-2H3. The maximum Gasteiger partial charge on any atom is 0.262 e. The Kier molecular flexibility index (Phi) is 6.06. The van der Waals surface area contributed by atoms with Crippen LogP contribution < -0.4 is 5.56 Å². The molecule has 0 unspecified atom stereocenters. The summed E-state index contributed by atoms with van der Waals surface area (Å²) in [6, 6.07) is 12.8. The molecule has 0 fully saturated rings. The number of nitrogens with zero attached hydrogens (tertiary/aromatic N) is 2. The summed E-state index contributed by atoms with van der Waals surface area (Å²) in [5.41, 5.74) is 0.838. The fourth-order valence-electron chi connectivity index (χ4n) is 2.72. The van der Waals surface area contributed by atoms with Gasteiger partial charge >= 0.3 is 0 Å². The van der Waals surface area contributed by atoms with Crippen LogP contribution in [0.1, 0.15) is 30.6 Å². The summed E-state index contributed by atoms with van der Waals surface area (Å²) in [4.78, 5) is 29.9. The lowest BCUT2D eigenvalue weighted by Crippen LogP contribution is -2.24. The highest BCUT2D eigenvalue weighted by Gasteiger charge is 2.14. The summed E-state index contributed by atoms with van der Waals surface area (Å²) in [6.45, 7) is 4.74. The third-order valence-corrected chi connectivity index (χ3v) is 5.21. The fraction of sp³-hybridized carbons (Fsp3) is 0.286. The van der Waals surface area contributed by atoms with Gasteiger partial charge in [0.15, 0.2) is 10.9 Å². The van der Waals surface area contributed by atoms with E-state index < -0.39 is 5.82 Å². The Morgan fingerprint density at radius 2 is 1.96 bits per heavy atom. The molecule has 0 saturated heterocycles. The SMILES string of the molecule is CC(C)CCn1c(SCC(=O)c2cccc(F)c2)nc2ccccc2c1=O. The minimum Gasteiger partial charge on any atom is -0.293 e. The maximum absolute atomic E-state index is 13.3. The summed E-state index contributed by atoms with van der Waals surface area (Å²) in [6.07, 6.45) is 0.839. The number of rotatable bonds is 7. The molecule has 27 heavy (non-hydrogen) atoms. The highest BCUT2D eigenvalue weighted by atomic mass is 32.2. The van der Waals surface area contributed by atoms with Gasteiger partial charge < -0.3 is 0 Å². The third kappa shape index (κ3) is 4.63. The first kappa shape index (κ1) is 19.3. The maximum atomic E-state index is 13.3. The van der Waals surface area contributed by atoms with Crippen LogP contribution in [0.15, 0.2) is 58.5 Å². The minimum absolute atomic E-state index is 0.0932. The molecule has 1 aromatic heterocycles. The number of carbonyl (C=O) groups is 1. The number of benzene rings is 2. The number of para-hydroxylation sites is 1. The number of aromatic nitrogens is 2. The van der Waals surface area contributed by atoms with Crippen LogP contribution in [0.3, 0.4) is 0 Å². The molecular formula is C21H21FN2O2S. The van der Waals surface area contributed by atoms with Crippen LogP contribution in [0, 0.1) is 11.7 Å². The van der Waals surface area contributed by atoms with E-state index >= 15 is 0 Å². The molecule has 4 nitrogen and oxygen atoms in total. The monoisotopic (exact) mass is 384 g/mol. The van der Waals surface area contributed by atoms with Gasteiger partial charge in [-0.05, 0) is 36.6 Å². The number of halogens is 1. The van der Waals surface area contributed by atoms with Gasteiger partial charge in [0.2, 0.25) is 0 Å². The predicted molar refractivity (Wildman–Crippen MR) is 107 cm³/mol. The van der Waals surface area contributed by atoms with Crippen LogP contribution in [0.25, 0.3) is 10.9 Å². The largest absolute Gasteiger partial charge is 0.293 e. The molecule has 0 aliphatic heterocycles. The topological polar surface area (TPSA) is 52.0 Å². The second-order valence-electron chi connectivity index (χ2n) is 6.77. The van der Waals surface area contributed by atoms with E-state index in [1.807, 2.05) is 12.1 Å². The zero-order valence-corrected chi connectivity index (χ0v) is 16.1. The minimum atomic E-state index is -0.441. The fourth-order valence-corrected chi connectivity index (χ4v) is 3.64. The molecular weight excluding hydrogens is 363 g/mol. The van der Waals surface area contributed by atoms with Gasteiger partial charge in [0.05, 0.1) is 16.7 Å². The molecule has 3 rings (SSSR count). The van der Waals surface area contributed by atoms with E-state index in [2.05, 4.69) is 18.8 Å². The van der Waals surface area contributed by atoms with Crippen LogP contribution in [-0.2, 0) is 6.54 Å². The molecule has 0 spiro atoms. The van der Waals surface area contributed by atoms with Crippen molar-refractivity contribution in [3.05, 3.63) is 70.3 Å². The quantitative estimate of drug-likeness (QED) is 0.340. The van der Waals surface area contributed by atoms with E-state index in [1.54, 1.807) is 22.8 Å². The van der Waals surface area contributed by atoms with Gasteiger partial charge in [-0.25, -0.2) is 9.37 Å². The van der Waals surface area contributed by atoms with Crippen LogP contribution in [-0.4, -0.2) is 21.1 Å². The van der Waals surface area contributed by atoms with E-state index in [0.29, 0.717) is 34.1 Å². The van der Waals surface area contributed by atoms with E-state index in [0.717, 1.165) is 6.42 Å². The molecule has 0 bridgehead atoms. The smallest absolute Gasteiger partial charge is 0.262 e. The summed E-state index contributed by atoms with van der Waals surface area (Å²) >= 11 is 1.22. The molecule has 0 radical (unpaired) electrons. The van der Waals surface area contributed by atoms with Crippen molar-refractivity contribution in [2.24, 2.45) is 5.92 Å². The van der Waals surface area contributed by atoms with Gasteiger partial charge in [0, 0.05) is 12.1 Å². The zero-order valence-electron chi connectivity index (χ0n) is 15.3. The van der Waals surface area contributed by atoms with Gasteiger partial charge in [0.1, 0.15) is 5.82 Å². The molecule has 2 aromatic carbocycles. The average molecular weight is 384 g/mol. The predicted octanol–water partition coefficient (Wildman–Crippen LogP) is 4.56. The Balaban J connectivity index is 1.90. The summed E-state index contributed by atoms with van der Waals surface area (Å²) < 4.78 is 15.0. The van der Waals surface area contributed by atoms with Crippen molar-refractivity contribution in [2.75, 3.05) is 5.75 Å². The number of fused-ring (bicyclic) bond motifs is 1. The molecule has 0 N–H and O–H groups in total. The molecule has 1 heterocycles. The number of Topliss-reactive ketones (excluding diaryl/α,β-unsaturated/α-hetero) is 1. The lowest BCUT2D eigenvalue weighted by Gasteiger charge is -2.14. The highest BCUT2D eigenvalue weighted by Crippen LogP contribution is 2.20. The number of hydrogen-bond acceptors (Lipinski definition) is 4. The van der Waals surface area contributed by atoms with E-state index in [1.165, 1.54) is 30.0 Å². The molecule has 0 atom stereocenters. The summed E-state index contributed by atoms with van der Waals surface area (Å²) in [5, 5.41) is 1.09. The van der Waals surface area contributed by atoms with Crippen molar-refractivity contribution >= 4 is 28.4 Å². The van der Waals surface area contributed by atoms with Crippen molar-refractivity contribution in [2.45, 2.75) is 32.0 Å². The van der Waals surface area contributed by atoms with Crippen LogP contribution in [0.4, 0.5) is 4.39 Å². The normalized spacial score (nSPS) is 11.3. The van der Waals surface area contributed by atoms with E-state index in [9.17, 15) is 14.0 Å². The lowest BCUT2D eigenvalue weighted by atomic mass is 10.1. The molecule has 3 aromatic rings. The van der Waals surface area contributed by atoms with Gasteiger partial charge in [-0.2, -0.15) is 0 Å². The summed E-state index contributed by atoms with van der Waals surface area (Å²) in [7, 11) is 0. The van der Waals surface area contributed by atoms with Crippen molar-refractivity contribution in [3.8, 4) is 0 Å². The van der Waals surface area contributed by atoms with Gasteiger partial charge in [-0.1, -0.05) is 49.9 Å². The first-order valence-corrected chi connectivity index (χ1v) is 9.85. The van der Waals surface area contributed by atoms with E-state index in [4.69, 9.17) is 0 Å². The van der Waals surface area contributed by atoms with Crippen LogP contribution in [0.2, 0.25) is 0 Å².